The van der Waals surface area contributed by atoms with Crippen LogP contribution in [0.5, 0.6) is 0 Å². The van der Waals surface area contributed by atoms with E-state index in [1.807, 2.05) is 37.3 Å². The van der Waals surface area contributed by atoms with Gasteiger partial charge in [-0.15, -0.1) is 11.3 Å². The molecule has 0 unspecified atom stereocenters. The first-order valence-electron chi connectivity index (χ1n) is 7.09. The predicted molar refractivity (Wildman–Crippen MR) is 85.3 cm³/mol. The molecular formula is C16H18N2O2S. The van der Waals surface area contributed by atoms with Crippen LogP contribution in [-0.4, -0.2) is 22.7 Å². The van der Waals surface area contributed by atoms with Gasteiger partial charge in [0.15, 0.2) is 10.8 Å². The zero-order valence-electron chi connectivity index (χ0n) is 11.9. The van der Waals surface area contributed by atoms with Crippen LogP contribution in [0.3, 0.4) is 0 Å². The lowest BCUT2D eigenvalue weighted by molar-refractivity contribution is 0.235. The number of aliphatic hydroxyl groups excluding tert-OH is 1. The molecule has 1 aromatic carbocycles. The van der Waals surface area contributed by atoms with Gasteiger partial charge in [-0.3, -0.25) is 0 Å². The summed E-state index contributed by atoms with van der Waals surface area (Å²) in [4.78, 5) is 4.59. The van der Waals surface area contributed by atoms with E-state index in [2.05, 4.69) is 16.4 Å². The minimum absolute atomic E-state index is 0.112. The van der Waals surface area contributed by atoms with Gasteiger partial charge in [-0.1, -0.05) is 19.1 Å². The van der Waals surface area contributed by atoms with Gasteiger partial charge in [0, 0.05) is 6.04 Å². The molecular weight excluding hydrogens is 284 g/mol. The van der Waals surface area contributed by atoms with Crippen molar-refractivity contribution >= 4 is 21.6 Å². The monoisotopic (exact) mass is 302 g/mol. The summed E-state index contributed by atoms with van der Waals surface area (Å²) in [7, 11) is 0. The van der Waals surface area contributed by atoms with Crippen molar-refractivity contribution in [1.82, 2.24) is 10.3 Å². The average Bonchev–Trinajstić information content (AvgIpc) is 3.14. The van der Waals surface area contributed by atoms with Gasteiger partial charge in [0.2, 0.25) is 0 Å². The van der Waals surface area contributed by atoms with Crippen molar-refractivity contribution < 1.29 is 9.52 Å². The van der Waals surface area contributed by atoms with Gasteiger partial charge < -0.3 is 14.8 Å². The third-order valence-electron chi connectivity index (χ3n) is 3.44. The molecule has 0 aliphatic heterocycles. The summed E-state index contributed by atoms with van der Waals surface area (Å²) in [6.07, 6.45) is 0.891. The highest BCUT2D eigenvalue weighted by Crippen LogP contribution is 2.31. The molecule has 0 amide bonds. The van der Waals surface area contributed by atoms with Crippen LogP contribution < -0.4 is 5.32 Å². The maximum absolute atomic E-state index is 9.17. The van der Waals surface area contributed by atoms with Gasteiger partial charge in [-0.25, -0.2) is 4.98 Å². The van der Waals surface area contributed by atoms with Crippen LogP contribution in [0.15, 0.2) is 40.8 Å². The minimum Gasteiger partial charge on any atom is -0.457 e. The number of hydrogen-bond donors (Lipinski definition) is 2. The molecule has 0 radical (unpaired) electrons. The molecule has 1 atom stereocenters. The summed E-state index contributed by atoms with van der Waals surface area (Å²) in [6.45, 7) is 2.80. The average molecular weight is 302 g/mol. The Balaban J connectivity index is 1.75. The van der Waals surface area contributed by atoms with Crippen molar-refractivity contribution in [3.05, 3.63) is 42.2 Å². The molecule has 0 spiro atoms. The molecule has 3 aromatic rings. The largest absolute Gasteiger partial charge is 0.457 e. The second-order valence-corrected chi connectivity index (χ2v) is 5.95. The van der Waals surface area contributed by atoms with Crippen LogP contribution in [0.25, 0.3) is 21.0 Å². The third kappa shape index (κ3) is 3.15. The van der Waals surface area contributed by atoms with E-state index >= 15 is 0 Å². The van der Waals surface area contributed by atoms with E-state index in [1.54, 1.807) is 11.3 Å². The Morgan fingerprint density at radius 3 is 2.90 bits per heavy atom. The van der Waals surface area contributed by atoms with E-state index in [4.69, 9.17) is 9.52 Å². The molecule has 2 aromatic heterocycles. The molecule has 110 valence electrons. The Bertz CT molecular complexity index is 683. The van der Waals surface area contributed by atoms with Crippen LogP contribution >= 0.6 is 11.3 Å². The fraction of sp³-hybridized carbons (Fsp3) is 0.312. The maximum Gasteiger partial charge on any atom is 0.163 e. The van der Waals surface area contributed by atoms with Crippen molar-refractivity contribution in [1.29, 1.82) is 0 Å². The van der Waals surface area contributed by atoms with E-state index in [9.17, 15) is 0 Å². The third-order valence-corrected chi connectivity index (χ3v) is 4.50. The van der Waals surface area contributed by atoms with Crippen LogP contribution in [-0.2, 0) is 6.54 Å². The smallest absolute Gasteiger partial charge is 0.163 e. The summed E-state index contributed by atoms with van der Waals surface area (Å²) in [5, 5.41) is 13.3. The highest BCUT2D eigenvalue weighted by Gasteiger charge is 2.11. The Kier molecular flexibility index (Phi) is 4.34. The van der Waals surface area contributed by atoms with Crippen molar-refractivity contribution in [3.63, 3.8) is 0 Å². The summed E-state index contributed by atoms with van der Waals surface area (Å²) < 4.78 is 7.00. The molecule has 4 nitrogen and oxygen atoms in total. The summed E-state index contributed by atoms with van der Waals surface area (Å²) >= 11 is 1.63. The molecule has 2 N–H and O–H groups in total. The zero-order chi connectivity index (χ0) is 14.7. The number of para-hydroxylation sites is 1. The van der Waals surface area contributed by atoms with Crippen LogP contribution in [0.1, 0.15) is 19.1 Å². The van der Waals surface area contributed by atoms with E-state index in [0.717, 1.165) is 33.2 Å². The fourth-order valence-corrected chi connectivity index (χ4v) is 3.08. The molecule has 0 saturated carbocycles. The van der Waals surface area contributed by atoms with Gasteiger partial charge >= 0.3 is 0 Å². The first-order valence-corrected chi connectivity index (χ1v) is 7.90. The van der Waals surface area contributed by atoms with E-state index in [-0.39, 0.29) is 12.6 Å². The fourth-order valence-electron chi connectivity index (χ4n) is 2.15. The van der Waals surface area contributed by atoms with Gasteiger partial charge in [0.05, 0.1) is 23.4 Å². The van der Waals surface area contributed by atoms with Crippen LogP contribution in [0, 0.1) is 0 Å². The molecule has 0 aliphatic rings. The number of nitrogens with zero attached hydrogens (tertiary/aromatic N) is 1. The molecule has 3 rings (SSSR count). The molecule has 21 heavy (non-hydrogen) atoms. The van der Waals surface area contributed by atoms with Crippen molar-refractivity contribution in [2.24, 2.45) is 0 Å². The quantitative estimate of drug-likeness (QED) is 0.732. The zero-order valence-corrected chi connectivity index (χ0v) is 12.7. The van der Waals surface area contributed by atoms with Gasteiger partial charge in [-0.05, 0) is 30.7 Å². The van der Waals surface area contributed by atoms with E-state index < -0.39 is 0 Å². The van der Waals surface area contributed by atoms with Gasteiger partial charge in [0.1, 0.15) is 5.76 Å². The lowest BCUT2D eigenvalue weighted by Gasteiger charge is -2.12. The van der Waals surface area contributed by atoms with E-state index in [1.165, 1.54) is 0 Å². The summed E-state index contributed by atoms with van der Waals surface area (Å²) in [6, 6.07) is 12.1. The van der Waals surface area contributed by atoms with Crippen molar-refractivity contribution in [3.8, 4) is 10.8 Å². The Morgan fingerprint density at radius 2 is 2.14 bits per heavy atom. The Labute approximate surface area is 127 Å². The number of thiazole rings is 1. The second kappa shape index (κ2) is 6.39. The summed E-state index contributed by atoms with van der Waals surface area (Å²) in [5.41, 5.74) is 1.000. The first kappa shape index (κ1) is 14.3. The molecule has 5 heteroatoms. The lowest BCUT2D eigenvalue weighted by Crippen LogP contribution is -2.30. The molecule has 0 saturated heterocycles. The summed E-state index contributed by atoms with van der Waals surface area (Å²) in [5.74, 6) is 1.65. The van der Waals surface area contributed by atoms with Gasteiger partial charge in [0.25, 0.3) is 0 Å². The SMILES string of the molecule is CC[C@@H](CO)NCc1ccc(-c2nc3ccccc3s2)o1. The second-order valence-electron chi connectivity index (χ2n) is 4.92. The standard InChI is InChI=1S/C16H18N2O2S/c1-2-11(10-19)17-9-12-7-8-14(20-12)16-18-13-5-3-4-6-15(13)21-16/h3-8,11,17,19H,2,9-10H2,1H3/t11-/m0/s1. The molecule has 0 bridgehead atoms. The van der Waals surface area contributed by atoms with Crippen molar-refractivity contribution in [2.75, 3.05) is 6.61 Å². The highest BCUT2D eigenvalue weighted by atomic mass is 32.1. The molecule has 2 heterocycles. The van der Waals surface area contributed by atoms with Gasteiger partial charge in [-0.2, -0.15) is 0 Å². The molecule has 0 aliphatic carbocycles. The van der Waals surface area contributed by atoms with Crippen LogP contribution in [0.4, 0.5) is 0 Å². The van der Waals surface area contributed by atoms with Crippen molar-refractivity contribution in [2.45, 2.75) is 25.9 Å². The number of hydrogen-bond acceptors (Lipinski definition) is 5. The first-order chi connectivity index (χ1) is 10.3. The number of fused-ring (bicyclic) bond motifs is 1. The highest BCUT2D eigenvalue weighted by molar-refractivity contribution is 7.21. The predicted octanol–water partition coefficient (Wildman–Crippen LogP) is 3.42. The number of benzene rings is 1. The number of aliphatic hydroxyl groups is 1. The topological polar surface area (TPSA) is 58.3 Å². The molecule has 0 fully saturated rings. The van der Waals surface area contributed by atoms with E-state index in [0.29, 0.717) is 6.54 Å². The normalized spacial score (nSPS) is 12.9. The number of rotatable bonds is 6. The number of nitrogens with one attached hydrogen (secondary N) is 1. The lowest BCUT2D eigenvalue weighted by atomic mass is 10.2. The maximum atomic E-state index is 9.17. The number of aromatic nitrogens is 1. The minimum atomic E-state index is 0.112. The Hall–Kier alpha value is -1.69. The Morgan fingerprint density at radius 1 is 1.29 bits per heavy atom. The number of furan rings is 1. The van der Waals surface area contributed by atoms with Crippen LogP contribution in [0.2, 0.25) is 0 Å².